The van der Waals surface area contributed by atoms with Crippen molar-refractivity contribution in [2.24, 2.45) is 4.99 Å². The van der Waals surface area contributed by atoms with Crippen molar-refractivity contribution in [3.8, 4) is 17.2 Å². The highest BCUT2D eigenvalue weighted by molar-refractivity contribution is 6.23. The minimum atomic E-state index is -0.620. The van der Waals surface area contributed by atoms with Gasteiger partial charge in [0, 0.05) is 36.0 Å². The number of benzene rings is 1. The molecule has 11 heteroatoms. The fourth-order valence-corrected chi connectivity index (χ4v) is 4.30. The Labute approximate surface area is 195 Å². The third-order valence-corrected chi connectivity index (χ3v) is 6.02. The Bertz CT molecular complexity index is 1290. The molecule has 1 saturated heterocycles. The fraction of sp³-hybridized carbons (Fsp3) is 0.435. The van der Waals surface area contributed by atoms with Crippen LogP contribution in [0.2, 0.25) is 0 Å². The molecule has 0 bridgehead atoms. The molecule has 2 aromatic rings. The van der Waals surface area contributed by atoms with Gasteiger partial charge in [-0.1, -0.05) is 0 Å². The van der Waals surface area contributed by atoms with Gasteiger partial charge < -0.3 is 24.4 Å². The fourth-order valence-electron chi connectivity index (χ4n) is 4.30. The second-order valence-electron chi connectivity index (χ2n) is 8.16. The monoisotopic (exact) mass is 469 g/mol. The first-order valence-corrected chi connectivity index (χ1v) is 11.0. The summed E-state index contributed by atoms with van der Waals surface area (Å²) in [5, 5.41) is 2.71. The van der Waals surface area contributed by atoms with Gasteiger partial charge in [0.25, 0.3) is 17.4 Å². The lowest BCUT2D eigenvalue weighted by Crippen LogP contribution is -2.51. The molecule has 0 radical (unpaired) electrons. The summed E-state index contributed by atoms with van der Waals surface area (Å²) < 4.78 is 15.9. The van der Waals surface area contributed by atoms with Crippen LogP contribution in [0.25, 0.3) is 5.57 Å². The maximum atomic E-state index is 13.2. The van der Waals surface area contributed by atoms with E-state index < -0.39 is 17.4 Å². The van der Waals surface area contributed by atoms with Crippen LogP contribution in [0.3, 0.4) is 0 Å². The Morgan fingerprint density at radius 3 is 2.44 bits per heavy atom. The zero-order valence-electron chi connectivity index (χ0n) is 19.6. The van der Waals surface area contributed by atoms with Crippen molar-refractivity contribution in [2.45, 2.75) is 38.6 Å². The van der Waals surface area contributed by atoms with Crippen LogP contribution in [0.15, 0.2) is 21.9 Å². The van der Waals surface area contributed by atoms with Crippen LogP contribution in [0.5, 0.6) is 17.2 Å². The number of nitrogens with zero attached hydrogens (tertiary/aromatic N) is 3. The van der Waals surface area contributed by atoms with Gasteiger partial charge in [0.2, 0.25) is 11.7 Å². The Hall–Kier alpha value is -3.89. The van der Waals surface area contributed by atoms with E-state index in [1.807, 2.05) is 4.90 Å². The second-order valence-corrected chi connectivity index (χ2v) is 8.16. The van der Waals surface area contributed by atoms with Crippen LogP contribution in [-0.2, 0) is 9.59 Å². The lowest BCUT2D eigenvalue weighted by molar-refractivity contribution is -0.118. The Morgan fingerprint density at radius 2 is 1.82 bits per heavy atom. The van der Waals surface area contributed by atoms with Gasteiger partial charge in [0.15, 0.2) is 17.0 Å². The lowest BCUT2D eigenvalue weighted by atomic mass is 10.0. The predicted octanol–water partition coefficient (Wildman–Crippen LogP) is 0.514. The number of nitrogens with one attached hydrogen (secondary N) is 2. The van der Waals surface area contributed by atoms with E-state index in [1.165, 1.54) is 21.3 Å². The van der Waals surface area contributed by atoms with Gasteiger partial charge in [-0.3, -0.25) is 19.4 Å². The first-order chi connectivity index (χ1) is 16.4. The van der Waals surface area contributed by atoms with Gasteiger partial charge in [0.05, 0.1) is 33.0 Å². The molecule has 1 unspecified atom stereocenters. The standard InChI is InChI=1S/C23H27N5O6/c1-12-7-5-6-8-28(12)23-26-20-18(22(31)27-23)14(11-17(29)25-20)21(30)24-13-9-15(32-2)19(34-4)16(10-13)33-3/h9-10,12H,5-8,11H2,1-4H3,(H,24,30)(H,25,26,27,29,31). The number of hydrogen-bond acceptors (Lipinski definition) is 8. The van der Waals surface area contributed by atoms with E-state index in [-0.39, 0.29) is 28.7 Å². The molecule has 1 aromatic heterocycles. The summed E-state index contributed by atoms with van der Waals surface area (Å²) in [6.07, 6.45) is 2.75. The van der Waals surface area contributed by atoms with Gasteiger partial charge in [-0.25, -0.2) is 0 Å². The van der Waals surface area contributed by atoms with Gasteiger partial charge in [0.1, 0.15) is 0 Å². The quantitative estimate of drug-likeness (QED) is 0.625. The molecular formula is C23H27N5O6. The summed E-state index contributed by atoms with van der Waals surface area (Å²) in [7, 11) is 4.39. The molecule has 0 saturated carbocycles. The van der Waals surface area contributed by atoms with Crippen LogP contribution in [-0.4, -0.2) is 55.7 Å². The van der Waals surface area contributed by atoms with E-state index in [4.69, 9.17) is 14.2 Å². The minimum absolute atomic E-state index is 0.00189. The number of anilines is 2. The Kier molecular flexibility index (Phi) is 6.53. The number of H-pyrrole nitrogens is 1. The minimum Gasteiger partial charge on any atom is -0.493 e. The van der Waals surface area contributed by atoms with E-state index in [9.17, 15) is 14.4 Å². The van der Waals surface area contributed by atoms with Crippen molar-refractivity contribution in [3.05, 3.63) is 33.2 Å². The number of carbonyl (C=O) groups excluding carboxylic acids is 2. The van der Waals surface area contributed by atoms with Crippen LogP contribution in [0, 0.1) is 0 Å². The maximum absolute atomic E-state index is 13.2. The van der Waals surface area contributed by atoms with E-state index in [1.54, 1.807) is 12.1 Å². The number of amides is 2. The first kappa shape index (κ1) is 23.3. The predicted molar refractivity (Wildman–Crippen MR) is 124 cm³/mol. The zero-order chi connectivity index (χ0) is 24.4. The number of methoxy groups -OCH3 is 3. The molecule has 1 atom stereocenters. The van der Waals surface area contributed by atoms with Crippen molar-refractivity contribution in [3.63, 3.8) is 0 Å². The summed E-state index contributed by atoms with van der Waals surface area (Å²) >= 11 is 0. The van der Waals surface area contributed by atoms with Crippen molar-refractivity contribution < 1.29 is 23.8 Å². The van der Waals surface area contributed by atoms with Gasteiger partial charge in [-0.2, -0.15) is 9.98 Å². The van der Waals surface area contributed by atoms with E-state index in [0.717, 1.165) is 25.8 Å². The molecule has 2 N–H and O–H groups in total. The first-order valence-electron chi connectivity index (χ1n) is 11.0. The average molecular weight is 469 g/mol. The van der Waals surface area contributed by atoms with Crippen LogP contribution < -0.4 is 40.7 Å². The van der Waals surface area contributed by atoms with Gasteiger partial charge in [-0.15, -0.1) is 0 Å². The van der Waals surface area contributed by atoms with Crippen LogP contribution in [0.4, 0.5) is 11.6 Å². The molecule has 11 nitrogen and oxygen atoms in total. The lowest BCUT2D eigenvalue weighted by Gasteiger charge is -2.33. The Balaban J connectivity index is 1.76. The molecule has 0 aliphatic carbocycles. The number of carbonyl (C=O) groups is 2. The second kappa shape index (κ2) is 9.54. The number of aromatic amines is 1. The van der Waals surface area contributed by atoms with E-state index in [0.29, 0.717) is 28.9 Å². The smallest absolute Gasteiger partial charge is 0.262 e. The number of rotatable bonds is 6. The zero-order valence-corrected chi connectivity index (χ0v) is 19.6. The topological polar surface area (TPSA) is 135 Å². The van der Waals surface area contributed by atoms with Crippen molar-refractivity contribution in [1.29, 1.82) is 0 Å². The van der Waals surface area contributed by atoms with Crippen LogP contribution in [0.1, 0.15) is 32.6 Å². The van der Waals surface area contributed by atoms with Gasteiger partial charge in [-0.05, 0) is 26.2 Å². The highest BCUT2D eigenvalue weighted by Crippen LogP contribution is 2.40. The number of hydrogen-bond donors (Lipinski definition) is 2. The van der Waals surface area contributed by atoms with Gasteiger partial charge >= 0.3 is 0 Å². The molecule has 1 fully saturated rings. The van der Waals surface area contributed by atoms with E-state index >= 15 is 0 Å². The van der Waals surface area contributed by atoms with Crippen LogP contribution >= 0.6 is 0 Å². The molecule has 34 heavy (non-hydrogen) atoms. The number of aromatic nitrogens is 2. The number of piperidine rings is 1. The number of fused-ring (bicyclic) bond motifs is 1. The molecule has 2 amide bonds. The summed E-state index contributed by atoms with van der Waals surface area (Å²) in [6.45, 7) is 2.80. The normalized spacial score (nSPS) is 17.5. The molecule has 1 aromatic carbocycles. The SMILES string of the molecule is COc1cc(NC(=O)C2=c3c(nc(N4CCCCC4C)[nH]c3=O)=NC(=O)C2)cc(OC)c1OC. The average Bonchev–Trinajstić information content (AvgIpc) is 2.82. The number of ether oxygens (including phenoxy) is 3. The summed E-state index contributed by atoms with van der Waals surface area (Å²) in [4.78, 5) is 51.7. The highest BCUT2D eigenvalue weighted by Gasteiger charge is 2.26. The van der Waals surface area contributed by atoms with Crippen molar-refractivity contribution >= 4 is 29.0 Å². The summed E-state index contributed by atoms with van der Waals surface area (Å²) in [5.41, 5.74) is -0.214. The molecule has 3 heterocycles. The van der Waals surface area contributed by atoms with Crippen molar-refractivity contribution in [1.82, 2.24) is 9.97 Å². The summed E-state index contributed by atoms with van der Waals surface area (Å²) in [5.74, 6) is 0.254. The molecule has 2 aliphatic heterocycles. The molecule has 4 rings (SSSR count). The molecule has 180 valence electrons. The largest absolute Gasteiger partial charge is 0.493 e. The third kappa shape index (κ3) is 4.33. The molecule has 0 spiro atoms. The highest BCUT2D eigenvalue weighted by atomic mass is 16.5. The Morgan fingerprint density at radius 1 is 1.12 bits per heavy atom. The van der Waals surface area contributed by atoms with E-state index in [2.05, 4.69) is 27.2 Å². The molecular weight excluding hydrogens is 442 g/mol. The third-order valence-electron chi connectivity index (χ3n) is 6.02. The van der Waals surface area contributed by atoms with Crippen molar-refractivity contribution in [2.75, 3.05) is 38.1 Å². The summed E-state index contributed by atoms with van der Waals surface area (Å²) in [6, 6.07) is 3.30. The maximum Gasteiger partial charge on any atom is 0.262 e. The molecule has 2 aliphatic rings.